The molecule has 7 heteroatoms. The summed E-state index contributed by atoms with van der Waals surface area (Å²) in [4.78, 5) is 12.4. The number of amides is 1. The average molecular weight is 376 g/mol. The molecule has 1 saturated heterocycles. The molecule has 0 spiro atoms. The molecule has 1 aliphatic rings. The molecule has 1 N–H and O–H groups in total. The Balaban J connectivity index is 1.66. The van der Waals surface area contributed by atoms with E-state index in [2.05, 4.69) is 5.32 Å². The molecular weight excluding hydrogens is 355 g/mol. The van der Waals surface area contributed by atoms with E-state index in [9.17, 15) is 17.6 Å². The van der Waals surface area contributed by atoms with Crippen molar-refractivity contribution in [2.45, 2.75) is 24.2 Å². The Labute approximate surface area is 152 Å². The maximum absolute atomic E-state index is 13.6. The Bertz CT molecular complexity index is 893. The summed E-state index contributed by atoms with van der Waals surface area (Å²) in [6.45, 7) is 1.30. The van der Waals surface area contributed by atoms with Crippen molar-refractivity contribution in [1.29, 1.82) is 0 Å². The molecule has 0 bridgehead atoms. The van der Waals surface area contributed by atoms with Gasteiger partial charge < -0.3 is 5.32 Å². The van der Waals surface area contributed by atoms with E-state index in [-0.39, 0.29) is 28.7 Å². The van der Waals surface area contributed by atoms with Crippen molar-refractivity contribution in [1.82, 2.24) is 9.62 Å². The smallest absolute Gasteiger partial charge is 0.251 e. The van der Waals surface area contributed by atoms with Gasteiger partial charge in [0.1, 0.15) is 5.82 Å². The number of carbonyl (C=O) groups is 1. The van der Waals surface area contributed by atoms with Crippen LogP contribution in [0.2, 0.25) is 0 Å². The van der Waals surface area contributed by atoms with Gasteiger partial charge in [-0.3, -0.25) is 4.79 Å². The second-order valence-corrected chi connectivity index (χ2v) is 8.17. The molecule has 26 heavy (non-hydrogen) atoms. The lowest BCUT2D eigenvalue weighted by molar-refractivity contribution is 0.0954. The van der Waals surface area contributed by atoms with Crippen LogP contribution in [0.1, 0.15) is 28.8 Å². The molecule has 3 rings (SSSR count). The van der Waals surface area contributed by atoms with Crippen LogP contribution in [0.3, 0.4) is 0 Å². The minimum Gasteiger partial charge on any atom is -0.352 e. The van der Waals surface area contributed by atoms with Gasteiger partial charge in [0.15, 0.2) is 0 Å². The monoisotopic (exact) mass is 376 g/mol. The topological polar surface area (TPSA) is 66.5 Å². The van der Waals surface area contributed by atoms with E-state index in [1.54, 1.807) is 30.3 Å². The number of halogens is 1. The fourth-order valence-electron chi connectivity index (χ4n) is 2.99. The highest BCUT2D eigenvalue weighted by atomic mass is 32.2. The van der Waals surface area contributed by atoms with Gasteiger partial charge in [-0.05, 0) is 49.1 Å². The zero-order valence-electron chi connectivity index (χ0n) is 14.3. The van der Waals surface area contributed by atoms with Crippen molar-refractivity contribution < 1.29 is 17.6 Å². The molecule has 1 fully saturated rings. The third-order valence-corrected chi connectivity index (χ3v) is 6.33. The van der Waals surface area contributed by atoms with Crippen LogP contribution in [0.15, 0.2) is 53.4 Å². The first-order valence-electron chi connectivity index (χ1n) is 8.60. The molecular formula is C19H21FN2O3S. The van der Waals surface area contributed by atoms with Crippen LogP contribution >= 0.6 is 0 Å². The lowest BCUT2D eigenvalue weighted by atomic mass is 10.1. The number of rotatable bonds is 6. The maximum Gasteiger partial charge on any atom is 0.251 e. The summed E-state index contributed by atoms with van der Waals surface area (Å²) in [6.07, 6.45) is 2.08. The van der Waals surface area contributed by atoms with Crippen LogP contribution in [-0.2, 0) is 16.4 Å². The largest absolute Gasteiger partial charge is 0.352 e. The van der Waals surface area contributed by atoms with Crippen LogP contribution in [0.4, 0.5) is 4.39 Å². The van der Waals surface area contributed by atoms with Crippen LogP contribution in [0, 0.1) is 5.82 Å². The lowest BCUT2D eigenvalue weighted by Gasteiger charge is -2.16. The summed E-state index contributed by atoms with van der Waals surface area (Å²) >= 11 is 0. The highest BCUT2D eigenvalue weighted by Crippen LogP contribution is 2.21. The zero-order valence-corrected chi connectivity index (χ0v) is 15.1. The average Bonchev–Trinajstić information content (AvgIpc) is 3.19. The third-order valence-electron chi connectivity index (χ3n) is 4.44. The minimum absolute atomic E-state index is 0.126. The highest BCUT2D eigenvalue weighted by molar-refractivity contribution is 7.89. The first-order chi connectivity index (χ1) is 12.5. The normalized spacial score (nSPS) is 15.1. The number of nitrogens with zero attached hydrogens (tertiary/aromatic N) is 1. The molecule has 0 atom stereocenters. The molecule has 2 aromatic carbocycles. The standard InChI is InChI=1S/C19H21FN2O3S/c20-18-9-2-1-6-15(18)10-11-21-19(23)16-7-5-8-17(14-16)26(24,25)22-12-3-4-13-22/h1-2,5-9,14H,3-4,10-13H2,(H,21,23). The van der Waals surface area contributed by atoms with Crippen molar-refractivity contribution in [3.63, 3.8) is 0 Å². The summed E-state index contributed by atoms with van der Waals surface area (Å²) < 4.78 is 40.2. The van der Waals surface area contributed by atoms with Crippen molar-refractivity contribution >= 4 is 15.9 Å². The molecule has 0 aromatic heterocycles. The first-order valence-corrected chi connectivity index (χ1v) is 10.0. The molecule has 1 aliphatic heterocycles. The second kappa shape index (κ2) is 7.97. The molecule has 0 aliphatic carbocycles. The van der Waals surface area contributed by atoms with Crippen molar-refractivity contribution in [3.05, 3.63) is 65.5 Å². The van der Waals surface area contributed by atoms with Gasteiger partial charge in [-0.2, -0.15) is 4.31 Å². The highest BCUT2D eigenvalue weighted by Gasteiger charge is 2.27. The Hall–Kier alpha value is -2.25. The second-order valence-electron chi connectivity index (χ2n) is 6.24. The summed E-state index contributed by atoms with van der Waals surface area (Å²) in [5, 5.41) is 2.71. The van der Waals surface area contributed by atoms with Gasteiger partial charge in [0.05, 0.1) is 4.90 Å². The van der Waals surface area contributed by atoms with E-state index < -0.39 is 10.0 Å². The fraction of sp³-hybridized carbons (Fsp3) is 0.316. The SMILES string of the molecule is O=C(NCCc1ccccc1F)c1cccc(S(=O)(=O)N2CCCC2)c1. The number of hydrogen-bond acceptors (Lipinski definition) is 3. The Kier molecular flexibility index (Phi) is 5.68. The molecule has 5 nitrogen and oxygen atoms in total. The first kappa shape index (κ1) is 18.5. The predicted molar refractivity (Wildman–Crippen MR) is 96.9 cm³/mol. The molecule has 2 aromatic rings. The van der Waals surface area contributed by atoms with Crippen LogP contribution in [0.5, 0.6) is 0 Å². The summed E-state index contributed by atoms with van der Waals surface area (Å²) in [5.74, 6) is -0.680. The Morgan fingerprint density at radius 3 is 2.54 bits per heavy atom. The van der Waals surface area contributed by atoms with E-state index in [1.165, 1.54) is 22.5 Å². The van der Waals surface area contributed by atoms with Crippen molar-refractivity contribution in [2.75, 3.05) is 19.6 Å². The van der Waals surface area contributed by atoms with E-state index in [4.69, 9.17) is 0 Å². The van der Waals surface area contributed by atoms with Crippen molar-refractivity contribution in [3.8, 4) is 0 Å². The molecule has 0 saturated carbocycles. The van der Waals surface area contributed by atoms with Crippen LogP contribution < -0.4 is 5.32 Å². The summed E-state index contributed by atoms with van der Waals surface area (Å²) in [7, 11) is -3.56. The van der Waals surface area contributed by atoms with E-state index >= 15 is 0 Å². The number of sulfonamides is 1. The number of benzene rings is 2. The lowest BCUT2D eigenvalue weighted by Crippen LogP contribution is -2.29. The maximum atomic E-state index is 13.6. The number of hydrogen-bond donors (Lipinski definition) is 1. The quantitative estimate of drug-likeness (QED) is 0.843. The molecule has 1 heterocycles. The molecule has 1 amide bonds. The molecule has 0 radical (unpaired) electrons. The van der Waals surface area contributed by atoms with Gasteiger partial charge in [-0.15, -0.1) is 0 Å². The fourth-order valence-corrected chi connectivity index (χ4v) is 4.55. The molecule has 138 valence electrons. The van der Waals surface area contributed by atoms with Crippen LogP contribution in [-0.4, -0.2) is 38.3 Å². The number of carbonyl (C=O) groups excluding carboxylic acids is 1. The van der Waals surface area contributed by atoms with Gasteiger partial charge in [0, 0.05) is 25.2 Å². The van der Waals surface area contributed by atoms with E-state index in [0.29, 0.717) is 25.1 Å². The van der Waals surface area contributed by atoms with E-state index in [0.717, 1.165) is 12.8 Å². The van der Waals surface area contributed by atoms with Crippen LogP contribution in [0.25, 0.3) is 0 Å². The van der Waals surface area contributed by atoms with Gasteiger partial charge in [-0.1, -0.05) is 24.3 Å². The third kappa shape index (κ3) is 4.11. The zero-order chi connectivity index (χ0) is 18.6. The summed E-state index contributed by atoms with van der Waals surface area (Å²) in [6, 6.07) is 12.4. The van der Waals surface area contributed by atoms with Gasteiger partial charge in [-0.25, -0.2) is 12.8 Å². The molecule has 0 unspecified atom stereocenters. The Morgan fingerprint density at radius 1 is 1.08 bits per heavy atom. The minimum atomic E-state index is -3.56. The van der Waals surface area contributed by atoms with Crippen molar-refractivity contribution in [2.24, 2.45) is 0 Å². The predicted octanol–water partition coefficient (Wildman–Crippen LogP) is 2.58. The number of nitrogens with one attached hydrogen (secondary N) is 1. The Morgan fingerprint density at radius 2 is 1.81 bits per heavy atom. The van der Waals surface area contributed by atoms with E-state index in [1.807, 2.05) is 0 Å². The summed E-state index contributed by atoms with van der Waals surface area (Å²) in [5.41, 5.74) is 0.803. The van der Waals surface area contributed by atoms with Gasteiger partial charge in [0.25, 0.3) is 5.91 Å². The van der Waals surface area contributed by atoms with Gasteiger partial charge in [0.2, 0.25) is 10.0 Å². The van der Waals surface area contributed by atoms with Gasteiger partial charge >= 0.3 is 0 Å².